The largest absolute Gasteiger partial charge is 0.493 e. The van der Waals surface area contributed by atoms with Gasteiger partial charge in [-0.2, -0.15) is 0 Å². The van der Waals surface area contributed by atoms with Gasteiger partial charge < -0.3 is 19.5 Å². The normalized spacial score (nSPS) is 26.0. The molecule has 2 aliphatic rings. The van der Waals surface area contributed by atoms with Gasteiger partial charge in [0.05, 0.1) is 19.6 Å². The van der Waals surface area contributed by atoms with Crippen LogP contribution in [0.15, 0.2) is 18.2 Å². The molecule has 1 aliphatic heterocycles. The monoisotopic (exact) mass is 319 g/mol. The third kappa shape index (κ3) is 2.42. The molecule has 1 saturated heterocycles. The zero-order valence-electron chi connectivity index (χ0n) is 13.4. The molecule has 2 fully saturated rings. The number of carboxylic acids is 1. The summed E-state index contributed by atoms with van der Waals surface area (Å²) >= 11 is 0. The van der Waals surface area contributed by atoms with Crippen molar-refractivity contribution in [1.29, 1.82) is 0 Å². The van der Waals surface area contributed by atoms with Crippen molar-refractivity contribution in [2.45, 2.75) is 19.3 Å². The second-order valence-electron chi connectivity index (χ2n) is 6.31. The number of likely N-dealkylation sites (tertiary alicyclic amines) is 1. The minimum absolute atomic E-state index is 0.0593. The van der Waals surface area contributed by atoms with Crippen LogP contribution >= 0.6 is 0 Å². The Morgan fingerprint density at radius 2 is 2.00 bits per heavy atom. The molecule has 1 aliphatic carbocycles. The number of amides is 1. The molecule has 23 heavy (non-hydrogen) atoms. The summed E-state index contributed by atoms with van der Waals surface area (Å²) in [5, 5.41) is 9.62. The van der Waals surface area contributed by atoms with E-state index in [1.165, 1.54) is 14.2 Å². The first-order valence-corrected chi connectivity index (χ1v) is 7.76. The zero-order valence-corrected chi connectivity index (χ0v) is 13.4. The topological polar surface area (TPSA) is 76.1 Å². The van der Waals surface area contributed by atoms with Crippen molar-refractivity contribution >= 4 is 11.9 Å². The number of fused-ring (bicyclic) bond motifs is 1. The van der Waals surface area contributed by atoms with Crippen LogP contribution in [0.5, 0.6) is 11.5 Å². The molecule has 1 saturated carbocycles. The Labute approximate surface area is 135 Å². The van der Waals surface area contributed by atoms with Gasteiger partial charge in [-0.25, -0.2) is 0 Å². The lowest BCUT2D eigenvalue weighted by atomic mass is 9.81. The van der Waals surface area contributed by atoms with E-state index in [4.69, 9.17) is 9.47 Å². The Balaban J connectivity index is 1.84. The van der Waals surface area contributed by atoms with Crippen LogP contribution < -0.4 is 9.47 Å². The zero-order chi connectivity index (χ0) is 16.6. The molecule has 6 nitrogen and oxygen atoms in total. The van der Waals surface area contributed by atoms with Crippen LogP contribution in [0.3, 0.4) is 0 Å². The molecular weight excluding hydrogens is 298 g/mol. The Kier molecular flexibility index (Phi) is 3.92. The maximum Gasteiger partial charge on any atom is 0.311 e. The summed E-state index contributed by atoms with van der Waals surface area (Å²) in [5.41, 5.74) is -0.269. The van der Waals surface area contributed by atoms with Crippen LogP contribution in [0, 0.1) is 11.3 Å². The minimum atomic E-state index is -0.775. The smallest absolute Gasteiger partial charge is 0.311 e. The Hall–Kier alpha value is -2.24. The van der Waals surface area contributed by atoms with Gasteiger partial charge in [-0.3, -0.25) is 9.59 Å². The van der Waals surface area contributed by atoms with Crippen molar-refractivity contribution in [3.63, 3.8) is 0 Å². The summed E-state index contributed by atoms with van der Waals surface area (Å²) in [6.45, 7) is 0.805. The van der Waals surface area contributed by atoms with Gasteiger partial charge in [-0.1, -0.05) is 6.42 Å². The van der Waals surface area contributed by atoms with Crippen molar-refractivity contribution < 1.29 is 24.2 Å². The van der Waals surface area contributed by atoms with Crippen LogP contribution in [-0.2, 0) is 4.79 Å². The number of ether oxygens (including phenoxy) is 2. The van der Waals surface area contributed by atoms with Crippen LogP contribution in [0.4, 0.5) is 0 Å². The van der Waals surface area contributed by atoms with Crippen LogP contribution in [0.25, 0.3) is 0 Å². The fourth-order valence-electron chi connectivity index (χ4n) is 3.95. The number of carbonyl (C=O) groups is 2. The average molecular weight is 319 g/mol. The molecular formula is C17H21NO5. The Morgan fingerprint density at radius 1 is 1.26 bits per heavy atom. The van der Waals surface area contributed by atoms with Crippen molar-refractivity contribution in [3.8, 4) is 11.5 Å². The van der Waals surface area contributed by atoms with Crippen molar-refractivity contribution in [2.75, 3.05) is 27.3 Å². The van der Waals surface area contributed by atoms with E-state index in [9.17, 15) is 14.7 Å². The molecule has 0 unspecified atom stereocenters. The first-order valence-electron chi connectivity index (χ1n) is 7.76. The van der Waals surface area contributed by atoms with E-state index >= 15 is 0 Å². The number of aliphatic carboxylic acids is 1. The summed E-state index contributed by atoms with van der Waals surface area (Å²) < 4.78 is 10.4. The van der Waals surface area contributed by atoms with Gasteiger partial charge in [-0.15, -0.1) is 0 Å². The predicted molar refractivity (Wildman–Crippen MR) is 82.9 cm³/mol. The second-order valence-corrected chi connectivity index (χ2v) is 6.31. The van der Waals surface area contributed by atoms with E-state index in [1.807, 2.05) is 0 Å². The van der Waals surface area contributed by atoms with E-state index in [2.05, 4.69) is 0 Å². The first-order chi connectivity index (χ1) is 11.0. The number of rotatable bonds is 4. The lowest BCUT2D eigenvalue weighted by Crippen LogP contribution is -2.37. The van der Waals surface area contributed by atoms with E-state index < -0.39 is 11.4 Å². The Bertz CT molecular complexity index is 644. The molecule has 0 aromatic heterocycles. The summed E-state index contributed by atoms with van der Waals surface area (Å²) in [6, 6.07) is 5.02. The fraction of sp³-hybridized carbons (Fsp3) is 0.529. The van der Waals surface area contributed by atoms with Crippen LogP contribution in [0.2, 0.25) is 0 Å². The molecule has 6 heteroatoms. The molecule has 0 bridgehead atoms. The number of methoxy groups -OCH3 is 2. The standard InChI is InChI=1S/C17H21NO5/c1-22-13-6-5-11(8-14(13)23-2)15(19)18-9-12-4-3-7-17(12,10-18)16(20)21/h5-6,8,12H,3-4,7,9-10H2,1-2H3,(H,20,21)/t12-,17+/m0/s1. The van der Waals surface area contributed by atoms with Gasteiger partial charge in [0.1, 0.15) is 0 Å². The number of hydrogen-bond donors (Lipinski definition) is 1. The molecule has 124 valence electrons. The molecule has 1 aromatic rings. The predicted octanol–water partition coefficient (Wildman–Crippen LogP) is 2.03. The van der Waals surface area contributed by atoms with Crippen molar-refractivity contribution in [1.82, 2.24) is 4.90 Å². The summed E-state index contributed by atoms with van der Waals surface area (Å²) in [6.07, 6.45) is 2.46. The van der Waals surface area contributed by atoms with Gasteiger partial charge in [0, 0.05) is 18.7 Å². The van der Waals surface area contributed by atoms with Crippen molar-refractivity contribution in [3.05, 3.63) is 23.8 Å². The van der Waals surface area contributed by atoms with Gasteiger partial charge >= 0.3 is 5.97 Å². The Morgan fingerprint density at radius 3 is 2.61 bits per heavy atom. The maximum atomic E-state index is 12.7. The third-order valence-electron chi connectivity index (χ3n) is 5.21. The van der Waals surface area contributed by atoms with Crippen molar-refractivity contribution in [2.24, 2.45) is 11.3 Å². The molecule has 1 aromatic carbocycles. The number of benzene rings is 1. The maximum absolute atomic E-state index is 12.7. The lowest BCUT2D eigenvalue weighted by molar-refractivity contribution is -0.149. The molecule has 3 rings (SSSR count). The SMILES string of the molecule is COc1ccc(C(=O)N2C[C@@H]3CCC[C@@]3(C(=O)O)C2)cc1OC. The van der Waals surface area contributed by atoms with Gasteiger partial charge in [0.25, 0.3) is 5.91 Å². The van der Waals surface area contributed by atoms with Crippen LogP contribution in [0.1, 0.15) is 29.6 Å². The number of hydrogen-bond acceptors (Lipinski definition) is 4. The lowest BCUT2D eigenvalue weighted by Gasteiger charge is -2.23. The molecule has 0 spiro atoms. The van der Waals surface area contributed by atoms with Gasteiger partial charge in [0.2, 0.25) is 0 Å². The number of carboxylic acid groups (broad SMARTS) is 1. The number of nitrogens with zero attached hydrogens (tertiary/aromatic N) is 1. The quantitative estimate of drug-likeness (QED) is 0.919. The molecule has 1 N–H and O–H groups in total. The highest BCUT2D eigenvalue weighted by Gasteiger charge is 2.55. The average Bonchev–Trinajstić information content (AvgIpc) is 3.11. The molecule has 1 heterocycles. The van der Waals surface area contributed by atoms with Gasteiger partial charge in [-0.05, 0) is 37.0 Å². The first kappa shape index (κ1) is 15.6. The highest BCUT2D eigenvalue weighted by Crippen LogP contribution is 2.49. The van der Waals surface area contributed by atoms with E-state index in [0.29, 0.717) is 36.6 Å². The van der Waals surface area contributed by atoms with Crippen LogP contribution in [-0.4, -0.2) is 49.2 Å². The highest BCUT2D eigenvalue weighted by molar-refractivity contribution is 5.96. The van der Waals surface area contributed by atoms with E-state index in [0.717, 1.165) is 12.8 Å². The van der Waals surface area contributed by atoms with Gasteiger partial charge in [0.15, 0.2) is 11.5 Å². The summed E-state index contributed by atoms with van der Waals surface area (Å²) in [7, 11) is 3.06. The highest BCUT2D eigenvalue weighted by atomic mass is 16.5. The second kappa shape index (κ2) is 5.76. The minimum Gasteiger partial charge on any atom is -0.493 e. The number of carbonyl (C=O) groups excluding carboxylic acids is 1. The third-order valence-corrected chi connectivity index (χ3v) is 5.21. The summed E-state index contributed by atoms with van der Waals surface area (Å²) in [5.74, 6) is 0.183. The molecule has 1 amide bonds. The van der Waals surface area contributed by atoms with E-state index in [1.54, 1.807) is 23.1 Å². The summed E-state index contributed by atoms with van der Waals surface area (Å²) in [4.78, 5) is 26.1. The molecule has 0 radical (unpaired) electrons. The molecule has 2 atom stereocenters. The van der Waals surface area contributed by atoms with E-state index in [-0.39, 0.29) is 11.8 Å². The fourth-order valence-corrected chi connectivity index (χ4v) is 3.95.